The quantitative estimate of drug-likeness (QED) is 0.521. The third-order valence-corrected chi connectivity index (χ3v) is 0.589. The Morgan fingerprint density at radius 3 is 1.80 bits per heavy atom. The molecule has 1 heterocycles. The Bertz CT molecular complexity index is 153. The Labute approximate surface area is 57.9 Å². The summed E-state index contributed by atoms with van der Waals surface area (Å²) in [7, 11) is 0. The summed E-state index contributed by atoms with van der Waals surface area (Å²) in [5, 5.41) is 0. The molecule has 0 aliphatic heterocycles. The van der Waals surface area contributed by atoms with Gasteiger partial charge in [0.15, 0.2) is 5.82 Å². The van der Waals surface area contributed by atoms with Gasteiger partial charge in [-0.15, -0.1) is 0 Å². The van der Waals surface area contributed by atoms with E-state index in [1.165, 1.54) is 0 Å². The molecule has 10 heavy (non-hydrogen) atoms. The molecule has 0 radical (unpaired) electrons. The number of hydrogen-bond acceptors (Lipinski definition) is 2. The summed E-state index contributed by atoms with van der Waals surface area (Å²) < 4.78 is 23.5. The lowest BCUT2D eigenvalue weighted by Gasteiger charge is -1.82. The minimum atomic E-state index is -0.911. The highest BCUT2D eigenvalue weighted by molar-refractivity contribution is 4.82. The zero-order valence-corrected chi connectivity index (χ0v) is 5.81. The molecule has 2 nitrogen and oxygen atoms in total. The molecule has 0 aromatic carbocycles. The van der Waals surface area contributed by atoms with Crippen molar-refractivity contribution in [3.63, 3.8) is 0 Å². The summed E-state index contributed by atoms with van der Waals surface area (Å²) in [6, 6.07) is 0. The molecule has 0 amide bonds. The topological polar surface area (TPSA) is 25.8 Å². The molecule has 0 saturated heterocycles. The van der Waals surface area contributed by atoms with E-state index in [4.69, 9.17) is 0 Å². The SMILES string of the molecule is CC.Fc1cnc(F)nc1. The van der Waals surface area contributed by atoms with Gasteiger partial charge in [0.2, 0.25) is 0 Å². The molecular weight excluding hydrogens is 138 g/mol. The van der Waals surface area contributed by atoms with Crippen molar-refractivity contribution in [2.75, 3.05) is 0 Å². The van der Waals surface area contributed by atoms with Crippen molar-refractivity contribution >= 4 is 0 Å². The van der Waals surface area contributed by atoms with E-state index >= 15 is 0 Å². The minimum Gasteiger partial charge on any atom is -0.208 e. The monoisotopic (exact) mass is 146 g/mol. The number of nitrogens with zero attached hydrogens (tertiary/aromatic N) is 2. The molecule has 1 aromatic heterocycles. The summed E-state index contributed by atoms with van der Waals surface area (Å²) >= 11 is 0. The van der Waals surface area contributed by atoms with Gasteiger partial charge in [0.05, 0.1) is 12.4 Å². The van der Waals surface area contributed by atoms with Crippen LogP contribution in [0.15, 0.2) is 12.4 Å². The van der Waals surface area contributed by atoms with E-state index < -0.39 is 11.9 Å². The van der Waals surface area contributed by atoms with Crippen LogP contribution in [0.25, 0.3) is 0 Å². The normalized spacial score (nSPS) is 8.00. The number of hydrogen-bond donors (Lipinski definition) is 0. The summed E-state index contributed by atoms with van der Waals surface area (Å²) in [5.41, 5.74) is 0. The highest BCUT2D eigenvalue weighted by Crippen LogP contribution is 1.89. The average molecular weight is 146 g/mol. The molecule has 1 rings (SSSR count). The van der Waals surface area contributed by atoms with Crippen LogP contribution in [0.4, 0.5) is 8.78 Å². The van der Waals surface area contributed by atoms with Crippen molar-refractivity contribution in [2.24, 2.45) is 0 Å². The maximum atomic E-state index is 11.8. The van der Waals surface area contributed by atoms with Crippen LogP contribution in [0, 0.1) is 11.9 Å². The first-order chi connectivity index (χ1) is 4.79. The van der Waals surface area contributed by atoms with Crippen LogP contribution in [0.3, 0.4) is 0 Å². The highest BCUT2D eigenvalue weighted by Gasteiger charge is 1.89. The predicted octanol–water partition coefficient (Wildman–Crippen LogP) is 1.78. The Morgan fingerprint density at radius 2 is 1.50 bits per heavy atom. The molecule has 0 aliphatic rings. The van der Waals surface area contributed by atoms with Gasteiger partial charge < -0.3 is 0 Å². The third kappa shape index (κ3) is 3.06. The fourth-order valence-electron chi connectivity index (χ4n) is 0.297. The lowest BCUT2D eigenvalue weighted by molar-refractivity contribution is 0.516. The molecule has 0 fully saturated rings. The van der Waals surface area contributed by atoms with Crippen molar-refractivity contribution < 1.29 is 8.78 Å². The third-order valence-electron chi connectivity index (χ3n) is 0.589. The second kappa shape index (κ2) is 4.78. The summed E-state index contributed by atoms with van der Waals surface area (Å²) in [4.78, 5) is 5.85. The van der Waals surface area contributed by atoms with E-state index in [0.717, 1.165) is 12.4 Å². The molecule has 1 aromatic rings. The van der Waals surface area contributed by atoms with Crippen LogP contribution in [-0.4, -0.2) is 9.97 Å². The summed E-state index contributed by atoms with van der Waals surface area (Å²) in [5.74, 6) is -0.633. The van der Waals surface area contributed by atoms with E-state index in [1.54, 1.807) is 0 Å². The van der Waals surface area contributed by atoms with Gasteiger partial charge in [-0.3, -0.25) is 0 Å². The van der Waals surface area contributed by atoms with Crippen LogP contribution in [-0.2, 0) is 0 Å². The van der Waals surface area contributed by atoms with Crippen molar-refractivity contribution in [3.8, 4) is 0 Å². The van der Waals surface area contributed by atoms with Crippen LogP contribution in [0.5, 0.6) is 0 Å². The van der Waals surface area contributed by atoms with Gasteiger partial charge in [-0.25, -0.2) is 14.4 Å². The Hall–Kier alpha value is -1.06. The van der Waals surface area contributed by atoms with E-state index in [2.05, 4.69) is 9.97 Å². The van der Waals surface area contributed by atoms with Crippen molar-refractivity contribution in [2.45, 2.75) is 13.8 Å². The summed E-state index contributed by atoms with van der Waals surface area (Å²) in [6.45, 7) is 4.00. The number of aromatic nitrogens is 2. The van der Waals surface area contributed by atoms with Crippen molar-refractivity contribution in [3.05, 3.63) is 24.3 Å². The Morgan fingerprint density at radius 1 is 1.10 bits per heavy atom. The van der Waals surface area contributed by atoms with Gasteiger partial charge >= 0.3 is 6.08 Å². The van der Waals surface area contributed by atoms with Crippen LogP contribution in [0.2, 0.25) is 0 Å². The van der Waals surface area contributed by atoms with Gasteiger partial charge in [-0.05, 0) is 0 Å². The van der Waals surface area contributed by atoms with Gasteiger partial charge in [0, 0.05) is 0 Å². The molecule has 0 N–H and O–H groups in total. The van der Waals surface area contributed by atoms with Crippen LogP contribution in [0.1, 0.15) is 13.8 Å². The molecule has 0 aliphatic carbocycles. The second-order valence-corrected chi connectivity index (χ2v) is 1.17. The molecule has 0 bridgehead atoms. The lowest BCUT2D eigenvalue weighted by atomic mass is 10.6. The summed E-state index contributed by atoms with van der Waals surface area (Å²) in [6.07, 6.45) is 0.622. The molecular formula is C6H8F2N2. The zero-order valence-electron chi connectivity index (χ0n) is 5.81. The highest BCUT2D eigenvalue weighted by atomic mass is 19.1. The second-order valence-electron chi connectivity index (χ2n) is 1.17. The van der Waals surface area contributed by atoms with E-state index in [0.29, 0.717) is 0 Å². The number of halogens is 2. The molecule has 4 heteroatoms. The zero-order chi connectivity index (χ0) is 7.98. The molecule has 0 saturated carbocycles. The van der Waals surface area contributed by atoms with E-state index in [1.807, 2.05) is 13.8 Å². The molecule has 0 unspecified atom stereocenters. The van der Waals surface area contributed by atoms with E-state index in [9.17, 15) is 8.78 Å². The predicted molar refractivity (Wildman–Crippen MR) is 33.3 cm³/mol. The number of rotatable bonds is 0. The fourth-order valence-corrected chi connectivity index (χ4v) is 0.297. The minimum absolute atomic E-state index is 0.633. The first-order valence-corrected chi connectivity index (χ1v) is 2.92. The van der Waals surface area contributed by atoms with Crippen molar-refractivity contribution in [1.29, 1.82) is 0 Å². The Kier molecular flexibility index (Phi) is 4.28. The first kappa shape index (κ1) is 8.94. The van der Waals surface area contributed by atoms with Crippen molar-refractivity contribution in [1.82, 2.24) is 9.97 Å². The average Bonchev–Trinajstić information content (AvgIpc) is 2.00. The van der Waals surface area contributed by atoms with Crippen LogP contribution >= 0.6 is 0 Å². The molecule has 56 valence electrons. The van der Waals surface area contributed by atoms with Gasteiger partial charge in [-0.1, -0.05) is 13.8 Å². The van der Waals surface area contributed by atoms with Gasteiger partial charge in [0.25, 0.3) is 0 Å². The molecule has 0 atom stereocenters. The van der Waals surface area contributed by atoms with Gasteiger partial charge in [0.1, 0.15) is 0 Å². The van der Waals surface area contributed by atoms with Gasteiger partial charge in [-0.2, -0.15) is 4.39 Å². The molecule has 0 spiro atoms. The smallest absolute Gasteiger partial charge is 0.208 e. The fraction of sp³-hybridized carbons (Fsp3) is 0.333. The lowest BCUT2D eigenvalue weighted by Crippen LogP contribution is -1.87. The maximum Gasteiger partial charge on any atom is 0.308 e. The maximum absolute atomic E-state index is 11.8. The Balaban J connectivity index is 0.000000371. The largest absolute Gasteiger partial charge is 0.308 e. The first-order valence-electron chi connectivity index (χ1n) is 2.92. The van der Waals surface area contributed by atoms with Crippen LogP contribution < -0.4 is 0 Å². The van der Waals surface area contributed by atoms with E-state index in [-0.39, 0.29) is 0 Å². The standard InChI is InChI=1S/C4H2F2N2.C2H6/c5-3-1-7-4(6)8-2-3;1-2/h1-2H;1-2H3.